The summed E-state index contributed by atoms with van der Waals surface area (Å²) in [7, 11) is 1.27. The van der Waals surface area contributed by atoms with Crippen molar-refractivity contribution < 1.29 is 19.4 Å². The highest BCUT2D eigenvalue weighted by atomic mass is 16.5. The van der Waals surface area contributed by atoms with Gasteiger partial charge in [-0.15, -0.1) is 0 Å². The van der Waals surface area contributed by atoms with Gasteiger partial charge in [-0.3, -0.25) is 4.79 Å². The number of carboxylic acid groups (broad SMARTS) is 1. The third kappa shape index (κ3) is 4.49. The number of hydrogen-bond donors (Lipinski definition) is 1. The van der Waals surface area contributed by atoms with Crippen LogP contribution < -0.4 is 4.90 Å². The fourth-order valence-corrected chi connectivity index (χ4v) is 1.74. The van der Waals surface area contributed by atoms with E-state index in [1.54, 1.807) is 6.07 Å². The number of nitrogens with zero attached hydrogens (tertiary/aromatic N) is 3. The van der Waals surface area contributed by atoms with Crippen LogP contribution in [0.25, 0.3) is 0 Å². The Morgan fingerprint density at radius 3 is 2.70 bits per heavy atom. The molecule has 1 rings (SSSR count). The largest absolute Gasteiger partial charge is 0.481 e. The monoisotopic (exact) mass is 281 g/mol. The smallest absolute Gasteiger partial charge is 0.376 e. The van der Waals surface area contributed by atoms with Gasteiger partial charge >= 0.3 is 11.9 Å². The number of anilines is 1. The number of carboxylic acids is 1. The van der Waals surface area contributed by atoms with E-state index in [2.05, 4.69) is 14.7 Å². The Morgan fingerprint density at radius 2 is 2.15 bits per heavy atom. The predicted octanol–water partition coefficient (Wildman–Crippen LogP) is 1.34. The average Bonchev–Trinajstić information content (AvgIpc) is 2.42. The number of ether oxygens (including phenoxy) is 1. The molecule has 0 fully saturated rings. The highest BCUT2D eigenvalue weighted by Gasteiger charge is 2.16. The molecule has 0 aliphatic heterocycles. The first kappa shape index (κ1) is 15.9. The Bertz CT molecular complexity index is 476. The minimum atomic E-state index is -0.827. The van der Waals surface area contributed by atoms with Gasteiger partial charge in [0.25, 0.3) is 0 Å². The summed E-state index contributed by atoms with van der Waals surface area (Å²) in [5, 5.41) is 8.68. The average molecular weight is 281 g/mol. The van der Waals surface area contributed by atoms with E-state index in [4.69, 9.17) is 5.11 Å². The van der Waals surface area contributed by atoms with E-state index in [0.29, 0.717) is 18.8 Å². The van der Waals surface area contributed by atoms with E-state index >= 15 is 0 Å². The van der Waals surface area contributed by atoms with Crippen molar-refractivity contribution in [3.05, 3.63) is 18.1 Å². The van der Waals surface area contributed by atoms with Crippen molar-refractivity contribution in [1.29, 1.82) is 0 Å². The standard InChI is InChI=1S/C13H19N3O4/c1-9(2)16(8-4-5-11(17)18)10-6-7-14-12(15-10)13(19)20-3/h6-7,9H,4-5,8H2,1-3H3,(H,17,18). The van der Waals surface area contributed by atoms with Crippen LogP contribution in [0, 0.1) is 0 Å². The van der Waals surface area contributed by atoms with Gasteiger partial charge in [-0.2, -0.15) is 0 Å². The van der Waals surface area contributed by atoms with E-state index in [1.165, 1.54) is 13.3 Å². The maximum absolute atomic E-state index is 11.4. The fourth-order valence-electron chi connectivity index (χ4n) is 1.74. The Kier molecular flexibility index (Phi) is 5.89. The summed E-state index contributed by atoms with van der Waals surface area (Å²) in [4.78, 5) is 31.9. The molecule has 0 saturated carbocycles. The summed E-state index contributed by atoms with van der Waals surface area (Å²) in [5.41, 5.74) is 0. The van der Waals surface area contributed by atoms with Crippen molar-refractivity contribution >= 4 is 17.8 Å². The van der Waals surface area contributed by atoms with E-state index in [1.807, 2.05) is 18.7 Å². The quantitative estimate of drug-likeness (QED) is 0.754. The molecule has 20 heavy (non-hydrogen) atoms. The molecule has 7 nitrogen and oxygen atoms in total. The Balaban J connectivity index is 2.86. The number of methoxy groups -OCH3 is 1. The van der Waals surface area contributed by atoms with Crippen LogP contribution in [0.3, 0.4) is 0 Å². The lowest BCUT2D eigenvalue weighted by Crippen LogP contribution is -2.33. The van der Waals surface area contributed by atoms with Crippen molar-refractivity contribution in [2.24, 2.45) is 0 Å². The van der Waals surface area contributed by atoms with E-state index in [0.717, 1.165) is 0 Å². The molecule has 1 aromatic rings. The number of carbonyl (C=O) groups excluding carboxylic acids is 1. The molecule has 0 bridgehead atoms. The topological polar surface area (TPSA) is 92.6 Å². The summed E-state index contributed by atoms with van der Waals surface area (Å²) >= 11 is 0. The molecule has 0 radical (unpaired) electrons. The summed E-state index contributed by atoms with van der Waals surface area (Å²) in [6.45, 7) is 4.49. The minimum Gasteiger partial charge on any atom is -0.481 e. The zero-order valence-corrected chi connectivity index (χ0v) is 11.9. The highest BCUT2D eigenvalue weighted by Crippen LogP contribution is 2.15. The second-order valence-corrected chi connectivity index (χ2v) is 4.51. The van der Waals surface area contributed by atoms with Gasteiger partial charge in [0.1, 0.15) is 5.82 Å². The van der Waals surface area contributed by atoms with Crippen LogP contribution in [-0.4, -0.2) is 46.7 Å². The highest BCUT2D eigenvalue weighted by molar-refractivity contribution is 5.85. The summed E-state index contributed by atoms with van der Waals surface area (Å²) in [6, 6.07) is 1.82. The Labute approximate surface area is 117 Å². The Morgan fingerprint density at radius 1 is 1.45 bits per heavy atom. The van der Waals surface area contributed by atoms with E-state index in [-0.39, 0.29) is 18.3 Å². The van der Waals surface area contributed by atoms with Crippen molar-refractivity contribution in [2.45, 2.75) is 32.7 Å². The van der Waals surface area contributed by atoms with Crippen molar-refractivity contribution in [1.82, 2.24) is 9.97 Å². The third-order valence-electron chi connectivity index (χ3n) is 2.72. The van der Waals surface area contributed by atoms with Gasteiger partial charge < -0.3 is 14.7 Å². The van der Waals surface area contributed by atoms with Crippen LogP contribution in [0.15, 0.2) is 12.3 Å². The number of hydrogen-bond acceptors (Lipinski definition) is 6. The lowest BCUT2D eigenvalue weighted by atomic mass is 10.2. The number of esters is 1. The fraction of sp³-hybridized carbons (Fsp3) is 0.538. The van der Waals surface area contributed by atoms with Gasteiger partial charge in [-0.1, -0.05) is 0 Å². The zero-order chi connectivity index (χ0) is 15.1. The maximum Gasteiger partial charge on any atom is 0.376 e. The SMILES string of the molecule is COC(=O)c1nccc(N(CCCC(=O)O)C(C)C)n1. The lowest BCUT2D eigenvalue weighted by Gasteiger charge is -2.27. The van der Waals surface area contributed by atoms with Gasteiger partial charge in [0.15, 0.2) is 0 Å². The molecule has 1 aromatic heterocycles. The molecular weight excluding hydrogens is 262 g/mol. The first-order chi connectivity index (χ1) is 9.45. The van der Waals surface area contributed by atoms with Gasteiger partial charge in [-0.25, -0.2) is 14.8 Å². The van der Waals surface area contributed by atoms with Crippen molar-refractivity contribution in [3.63, 3.8) is 0 Å². The van der Waals surface area contributed by atoms with Gasteiger partial charge in [-0.05, 0) is 26.3 Å². The molecule has 0 aromatic carbocycles. The van der Waals surface area contributed by atoms with E-state index < -0.39 is 11.9 Å². The molecule has 0 aliphatic rings. The van der Waals surface area contributed by atoms with Crippen molar-refractivity contribution in [2.75, 3.05) is 18.6 Å². The normalized spacial score (nSPS) is 10.4. The first-order valence-corrected chi connectivity index (χ1v) is 6.35. The maximum atomic E-state index is 11.4. The molecule has 1 N–H and O–H groups in total. The molecule has 0 aliphatic carbocycles. The van der Waals surface area contributed by atoms with Crippen molar-refractivity contribution in [3.8, 4) is 0 Å². The van der Waals surface area contributed by atoms with E-state index in [9.17, 15) is 9.59 Å². The van der Waals surface area contributed by atoms with Crippen LogP contribution in [0.1, 0.15) is 37.3 Å². The molecule has 0 saturated heterocycles. The molecule has 0 unspecified atom stereocenters. The number of aliphatic carboxylic acids is 1. The van der Waals surface area contributed by atoms with Gasteiger partial charge in [0.2, 0.25) is 5.82 Å². The lowest BCUT2D eigenvalue weighted by molar-refractivity contribution is -0.137. The van der Waals surface area contributed by atoms with Gasteiger partial charge in [0.05, 0.1) is 7.11 Å². The molecule has 7 heteroatoms. The van der Waals surface area contributed by atoms with Gasteiger partial charge in [0, 0.05) is 25.2 Å². The molecule has 0 amide bonds. The summed E-state index contributed by atoms with van der Waals surface area (Å²) in [6.07, 6.45) is 2.09. The van der Waals surface area contributed by atoms with Crippen LogP contribution in [0.2, 0.25) is 0 Å². The molecule has 0 atom stereocenters. The second-order valence-electron chi connectivity index (χ2n) is 4.51. The van der Waals surface area contributed by atoms with Crippen LogP contribution in [0.4, 0.5) is 5.82 Å². The number of rotatable bonds is 7. The first-order valence-electron chi connectivity index (χ1n) is 6.35. The molecule has 110 valence electrons. The summed E-state index contributed by atoms with van der Waals surface area (Å²) < 4.78 is 4.58. The molecule has 1 heterocycles. The number of aromatic nitrogens is 2. The van der Waals surface area contributed by atoms with Crippen LogP contribution in [0.5, 0.6) is 0 Å². The number of carbonyl (C=O) groups is 2. The summed E-state index contributed by atoms with van der Waals surface area (Å²) in [5.74, 6) is -0.845. The Hall–Kier alpha value is -2.18. The molecular formula is C13H19N3O4. The third-order valence-corrected chi connectivity index (χ3v) is 2.72. The van der Waals surface area contributed by atoms with Crippen LogP contribution >= 0.6 is 0 Å². The minimum absolute atomic E-state index is 0.00566. The predicted molar refractivity (Wildman–Crippen MR) is 72.7 cm³/mol. The zero-order valence-electron chi connectivity index (χ0n) is 11.9. The molecule has 0 spiro atoms. The van der Waals surface area contributed by atoms with Crippen LogP contribution in [-0.2, 0) is 9.53 Å². The second kappa shape index (κ2) is 7.42.